The molecule has 10 heteroatoms. The van der Waals surface area contributed by atoms with Crippen LogP contribution in [0.1, 0.15) is 5.56 Å². The van der Waals surface area contributed by atoms with Crippen molar-refractivity contribution in [2.24, 2.45) is 5.10 Å². The van der Waals surface area contributed by atoms with Gasteiger partial charge in [0, 0.05) is 24.3 Å². The Balaban J connectivity index is 1.58. The van der Waals surface area contributed by atoms with Crippen LogP contribution in [0.3, 0.4) is 0 Å². The molecule has 2 N–H and O–H groups in total. The molecule has 2 aromatic carbocycles. The fourth-order valence-electron chi connectivity index (χ4n) is 3.13. The summed E-state index contributed by atoms with van der Waals surface area (Å²) in [6.45, 7) is 2.67. The molecule has 0 unspecified atom stereocenters. The molecule has 0 amide bonds. The van der Waals surface area contributed by atoms with Crippen molar-refractivity contribution < 1.29 is 14.2 Å². The Morgan fingerprint density at radius 2 is 1.75 bits per heavy atom. The maximum atomic E-state index is 5.44. The van der Waals surface area contributed by atoms with E-state index in [-0.39, 0.29) is 0 Å². The van der Waals surface area contributed by atoms with Gasteiger partial charge in [-0.05, 0) is 30.3 Å². The zero-order valence-electron chi connectivity index (χ0n) is 18.0. The van der Waals surface area contributed by atoms with Crippen molar-refractivity contribution in [1.82, 2.24) is 15.0 Å². The molecule has 0 aliphatic carbocycles. The molecule has 0 atom stereocenters. The SMILES string of the molecule is COc1ccc(OC)c(C=NNc2nc(Nc3ccccc3)nc(N3CCOCC3)n2)c1. The van der Waals surface area contributed by atoms with Crippen LogP contribution in [0, 0.1) is 0 Å². The fraction of sp³-hybridized carbons (Fsp3) is 0.273. The number of para-hydroxylation sites is 1. The summed E-state index contributed by atoms with van der Waals surface area (Å²) in [5.74, 6) is 2.67. The standard InChI is InChI=1S/C22H25N7O3/c1-30-18-8-9-19(31-2)16(14-18)15-23-28-21-25-20(24-17-6-4-3-5-7-17)26-22(27-21)29-10-12-32-13-11-29/h3-9,14-15H,10-13H2,1-2H3,(H2,24,25,26,27,28). The van der Waals surface area contributed by atoms with Crippen molar-refractivity contribution in [2.45, 2.75) is 0 Å². The number of methoxy groups -OCH3 is 2. The van der Waals surface area contributed by atoms with Gasteiger partial charge in [-0.1, -0.05) is 18.2 Å². The average Bonchev–Trinajstić information content (AvgIpc) is 2.85. The van der Waals surface area contributed by atoms with Gasteiger partial charge in [0.1, 0.15) is 11.5 Å². The molecular formula is C22H25N7O3. The summed E-state index contributed by atoms with van der Waals surface area (Å²) < 4.78 is 16.1. The van der Waals surface area contributed by atoms with Crippen molar-refractivity contribution in [2.75, 3.05) is 56.2 Å². The Hall–Kier alpha value is -3.92. The van der Waals surface area contributed by atoms with Crippen molar-refractivity contribution in [3.05, 3.63) is 54.1 Å². The summed E-state index contributed by atoms with van der Waals surface area (Å²) in [6.07, 6.45) is 1.63. The number of hydrogen-bond donors (Lipinski definition) is 2. The van der Waals surface area contributed by atoms with Crippen molar-refractivity contribution in [3.8, 4) is 11.5 Å². The lowest BCUT2D eigenvalue weighted by atomic mass is 10.2. The molecule has 0 bridgehead atoms. The molecule has 1 aliphatic heterocycles. The molecule has 2 heterocycles. The smallest absolute Gasteiger partial charge is 0.250 e. The van der Waals surface area contributed by atoms with E-state index in [1.54, 1.807) is 20.4 Å². The van der Waals surface area contributed by atoms with Gasteiger partial charge in [0.15, 0.2) is 0 Å². The molecule has 0 spiro atoms. The summed E-state index contributed by atoms with van der Waals surface area (Å²) in [5, 5.41) is 7.51. The van der Waals surface area contributed by atoms with Gasteiger partial charge in [-0.15, -0.1) is 0 Å². The number of hydrazone groups is 1. The zero-order valence-corrected chi connectivity index (χ0v) is 18.0. The highest BCUT2D eigenvalue weighted by Gasteiger charge is 2.16. The predicted molar refractivity (Wildman–Crippen MR) is 123 cm³/mol. The van der Waals surface area contributed by atoms with E-state index in [1.165, 1.54) is 0 Å². The molecule has 3 aromatic rings. The average molecular weight is 435 g/mol. The van der Waals surface area contributed by atoms with Gasteiger partial charge >= 0.3 is 0 Å². The van der Waals surface area contributed by atoms with E-state index in [0.29, 0.717) is 55.6 Å². The van der Waals surface area contributed by atoms with E-state index in [0.717, 1.165) is 11.3 Å². The number of benzene rings is 2. The minimum atomic E-state index is 0.318. The minimum Gasteiger partial charge on any atom is -0.497 e. The first-order valence-electron chi connectivity index (χ1n) is 10.2. The first kappa shape index (κ1) is 21.3. The van der Waals surface area contributed by atoms with E-state index in [4.69, 9.17) is 14.2 Å². The third-order valence-electron chi connectivity index (χ3n) is 4.75. The molecule has 0 saturated carbocycles. The quantitative estimate of drug-likeness (QED) is 0.408. The number of nitrogens with zero attached hydrogens (tertiary/aromatic N) is 5. The second-order valence-corrected chi connectivity index (χ2v) is 6.85. The summed E-state index contributed by atoms with van der Waals surface area (Å²) >= 11 is 0. The van der Waals surface area contributed by atoms with Gasteiger partial charge in [-0.2, -0.15) is 20.1 Å². The Morgan fingerprint density at radius 3 is 2.50 bits per heavy atom. The lowest BCUT2D eigenvalue weighted by Crippen LogP contribution is -2.37. The van der Waals surface area contributed by atoms with Crippen LogP contribution in [0.5, 0.6) is 11.5 Å². The van der Waals surface area contributed by atoms with E-state index in [9.17, 15) is 0 Å². The molecule has 1 fully saturated rings. The highest BCUT2D eigenvalue weighted by Crippen LogP contribution is 2.23. The predicted octanol–water partition coefficient (Wildman–Crippen LogP) is 2.92. The minimum absolute atomic E-state index is 0.318. The van der Waals surface area contributed by atoms with Crippen molar-refractivity contribution in [3.63, 3.8) is 0 Å². The maximum absolute atomic E-state index is 5.44. The van der Waals surface area contributed by atoms with Gasteiger partial charge < -0.3 is 24.4 Å². The Bertz CT molecular complexity index is 1060. The maximum Gasteiger partial charge on any atom is 0.250 e. The molecular weight excluding hydrogens is 410 g/mol. The van der Waals surface area contributed by atoms with Crippen LogP contribution in [0.2, 0.25) is 0 Å². The number of anilines is 4. The van der Waals surface area contributed by atoms with Crippen LogP contribution in [-0.4, -0.2) is 61.7 Å². The molecule has 1 aromatic heterocycles. The molecule has 4 rings (SSSR count). The molecule has 10 nitrogen and oxygen atoms in total. The van der Waals surface area contributed by atoms with Gasteiger partial charge in [0.2, 0.25) is 17.8 Å². The van der Waals surface area contributed by atoms with Gasteiger partial charge in [0.05, 0.1) is 33.6 Å². The normalized spacial score (nSPS) is 13.8. The second kappa shape index (κ2) is 10.4. The largest absolute Gasteiger partial charge is 0.497 e. The van der Waals surface area contributed by atoms with Gasteiger partial charge in [-0.3, -0.25) is 0 Å². The Morgan fingerprint density at radius 1 is 0.969 bits per heavy atom. The first-order chi connectivity index (χ1) is 15.7. The van der Waals surface area contributed by atoms with E-state index in [2.05, 4.69) is 35.7 Å². The molecule has 1 aliphatic rings. The number of ether oxygens (including phenoxy) is 3. The lowest BCUT2D eigenvalue weighted by Gasteiger charge is -2.27. The lowest BCUT2D eigenvalue weighted by molar-refractivity contribution is 0.122. The van der Waals surface area contributed by atoms with Gasteiger partial charge in [0.25, 0.3) is 0 Å². The Kier molecular flexibility index (Phi) is 6.93. The Labute approximate surface area is 186 Å². The van der Waals surface area contributed by atoms with Crippen LogP contribution in [0.15, 0.2) is 53.6 Å². The number of nitrogens with one attached hydrogen (secondary N) is 2. The molecule has 32 heavy (non-hydrogen) atoms. The number of morpholine rings is 1. The van der Waals surface area contributed by atoms with E-state index in [1.807, 2.05) is 48.5 Å². The summed E-state index contributed by atoms with van der Waals surface area (Å²) in [5.41, 5.74) is 4.53. The summed E-state index contributed by atoms with van der Waals surface area (Å²) in [4.78, 5) is 15.6. The van der Waals surface area contributed by atoms with Crippen molar-refractivity contribution >= 4 is 29.7 Å². The number of aromatic nitrogens is 3. The summed E-state index contributed by atoms with van der Waals surface area (Å²) in [7, 11) is 3.22. The van der Waals surface area contributed by atoms with Crippen LogP contribution >= 0.6 is 0 Å². The highest BCUT2D eigenvalue weighted by atomic mass is 16.5. The topological polar surface area (TPSA) is 106 Å². The number of hydrogen-bond acceptors (Lipinski definition) is 10. The third-order valence-corrected chi connectivity index (χ3v) is 4.75. The van der Waals surface area contributed by atoms with Crippen LogP contribution < -0.4 is 25.1 Å². The van der Waals surface area contributed by atoms with Crippen molar-refractivity contribution in [1.29, 1.82) is 0 Å². The van der Waals surface area contributed by atoms with E-state index < -0.39 is 0 Å². The van der Waals surface area contributed by atoms with E-state index >= 15 is 0 Å². The molecule has 166 valence electrons. The van der Waals surface area contributed by atoms with Crippen LogP contribution in [-0.2, 0) is 4.74 Å². The second-order valence-electron chi connectivity index (χ2n) is 6.85. The monoisotopic (exact) mass is 435 g/mol. The first-order valence-corrected chi connectivity index (χ1v) is 10.2. The summed E-state index contributed by atoms with van der Waals surface area (Å²) in [6, 6.07) is 15.2. The molecule has 0 radical (unpaired) electrons. The third kappa shape index (κ3) is 5.41. The number of rotatable bonds is 8. The highest BCUT2D eigenvalue weighted by molar-refractivity contribution is 5.84. The molecule has 1 saturated heterocycles. The van der Waals surface area contributed by atoms with Crippen LogP contribution in [0.4, 0.5) is 23.5 Å². The van der Waals surface area contributed by atoms with Crippen LogP contribution in [0.25, 0.3) is 0 Å². The zero-order chi connectivity index (χ0) is 22.2. The fourth-order valence-corrected chi connectivity index (χ4v) is 3.13. The van der Waals surface area contributed by atoms with Gasteiger partial charge in [-0.25, -0.2) is 5.43 Å².